The van der Waals surface area contributed by atoms with Crippen molar-refractivity contribution in [3.8, 4) is 0 Å². The molecule has 1 aliphatic heterocycles. The second-order valence-corrected chi connectivity index (χ2v) is 12.3. The number of methoxy groups -OCH3 is 1. The maximum atomic E-state index is 13.7. The summed E-state index contributed by atoms with van der Waals surface area (Å²) in [7, 11) is -2.36. The maximum Gasteiger partial charge on any atom is 0.337 e. The van der Waals surface area contributed by atoms with Gasteiger partial charge in [-0.3, -0.25) is 4.79 Å². The molecule has 0 aromatic carbocycles. The topological polar surface area (TPSA) is 99.2 Å². The summed E-state index contributed by atoms with van der Waals surface area (Å²) in [6, 6.07) is -0.363. The van der Waals surface area contributed by atoms with E-state index in [0.29, 0.717) is 12.8 Å². The van der Waals surface area contributed by atoms with Gasteiger partial charge in [0.05, 0.1) is 18.3 Å². The first kappa shape index (κ1) is 24.5. The molecular formula is C22H37NO7S. The van der Waals surface area contributed by atoms with Crippen molar-refractivity contribution in [2.24, 2.45) is 16.7 Å². The van der Waals surface area contributed by atoms with Crippen LogP contribution in [-0.4, -0.2) is 61.5 Å². The molecule has 0 unspecified atom stereocenters. The molecule has 31 heavy (non-hydrogen) atoms. The molecule has 0 N–H and O–H groups in total. The third kappa shape index (κ3) is 3.70. The third-order valence-corrected chi connectivity index (χ3v) is 10.2. The third-order valence-electron chi connectivity index (χ3n) is 7.89. The van der Waals surface area contributed by atoms with Crippen LogP contribution in [0.4, 0.5) is 0 Å². The standard InChI is InChI=1S/C22H37NO7S/c1-14(2)23(15(3)4)31(26,27)13-21-11-10-16(20(21,5)6)12-22(21)29-17(19(25)30-22)8-9-18(24)28-7/h14-17H,8-13H2,1-7H3/t16-,17-,21+,22+/m1/s1. The minimum Gasteiger partial charge on any atom is -0.469 e. The highest BCUT2D eigenvalue weighted by molar-refractivity contribution is 7.89. The predicted octanol–water partition coefficient (Wildman–Crippen LogP) is 2.85. The number of carbonyl (C=O) groups is 2. The smallest absolute Gasteiger partial charge is 0.337 e. The van der Waals surface area contributed by atoms with Gasteiger partial charge in [-0.25, -0.2) is 13.2 Å². The minimum absolute atomic E-state index is 0.0406. The first-order valence-electron chi connectivity index (χ1n) is 11.2. The van der Waals surface area contributed by atoms with E-state index in [1.54, 1.807) is 4.31 Å². The van der Waals surface area contributed by atoms with Crippen LogP contribution in [0.2, 0.25) is 0 Å². The Balaban J connectivity index is 1.96. The summed E-state index contributed by atoms with van der Waals surface area (Å²) in [5.41, 5.74) is -1.22. The lowest BCUT2D eigenvalue weighted by Crippen LogP contribution is -2.57. The Labute approximate surface area is 186 Å². The number of rotatable bonds is 8. The zero-order valence-electron chi connectivity index (χ0n) is 19.8. The molecular weight excluding hydrogens is 422 g/mol. The number of esters is 2. The van der Waals surface area contributed by atoms with Crippen LogP contribution < -0.4 is 0 Å². The molecule has 3 aliphatic rings. The molecule has 1 heterocycles. The second kappa shape index (κ2) is 7.99. The first-order chi connectivity index (χ1) is 14.2. The van der Waals surface area contributed by atoms with Gasteiger partial charge in [0, 0.05) is 24.9 Å². The van der Waals surface area contributed by atoms with Crippen molar-refractivity contribution in [1.29, 1.82) is 0 Å². The number of nitrogens with zero attached hydrogens (tertiary/aromatic N) is 1. The summed E-state index contributed by atoms with van der Waals surface area (Å²) in [5.74, 6) is -2.15. The first-order valence-corrected chi connectivity index (χ1v) is 12.8. The van der Waals surface area contributed by atoms with Gasteiger partial charge in [0.15, 0.2) is 6.10 Å². The number of hydrogen-bond donors (Lipinski definition) is 0. The van der Waals surface area contributed by atoms with E-state index in [-0.39, 0.29) is 42.0 Å². The fourth-order valence-corrected chi connectivity index (χ4v) is 9.20. The second-order valence-electron chi connectivity index (χ2n) is 10.4. The van der Waals surface area contributed by atoms with E-state index in [9.17, 15) is 18.0 Å². The minimum atomic E-state index is -3.66. The predicted molar refractivity (Wildman–Crippen MR) is 114 cm³/mol. The number of sulfonamides is 1. The quantitative estimate of drug-likeness (QED) is 0.515. The molecule has 3 rings (SSSR count). The fourth-order valence-electron chi connectivity index (χ4n) is 6.40. The maximum absolute atomic E-state index is 13.7. The Kier molecular flexibility index (Phi) is 6.30. The number of ether oxygens (including phenoxy) is 3. The van der Waals surface area contributed by atoms with Gasteiger partial charge in [-0.2, -0.15) is 4.31 Å². The molecule has 4 atom stereocenters. The Morgan fingerprint density at radius 2 is 1.84 bits per heavy atom. The monoisotopic (exact) mass is 459 g/mol. The van der Waals surface area contributed by atoms with Crippen LogP contribution in [0.1, 0.15) is 73.6 Å². The van der Waals surface area contributed by atoms with Crippen molar-refractivity contribution in [3.05, 3.63) is 0 Å². The molecule has 0 amide bonds. The van der Waals surface area contributed by atoms with Crippen LogP contribution >= 0.6 is 0 Å². The summed E-state index contributed by atoms with van der Waals surface area (Å²) in [6.07, 6.45) is 1.29. The molecule has 8 nitrogen and oxygen atoms in total. The molecule has 2 aliphatic carbocycles. The van der Waals surface area contributed by atoms with Gasteiger partial charge >= 0.3 is 11.9 Å². The molecule has 2 saturated carbocycles. The SMILES string of the molecule is COC(=O)CC[C@H]1O[C@@]2(C[C@H]3CC[C@]2(CS(=O)(=O)N(C(C)C)C(C)C)C3(C)C)OC1=O. The zero-order valence-corrected chi connectivity index (χ0v) is 20.6. The van der Waals surface area contributed by atoms with Gasteiger partial charge in [0.25, 0.3) is 0 Å². The highest BCUT2D eigenvalue weighted by atomic mass is 32.2. The summed E-state index contributed by atoms with van der Waals surface area (Å²) < 4.78 is 45.7. The van der Waals surface area contributed by atoms with Crippen molar-refractivity contribution < 1.29 is 32.2 Å². The largest absolute Gasteiger partial charge is 0.469 e. The van der Waals surface area contributed by atoms with E-state index in [4.69, 9.17) is 9.47 Å². The van der Waals surface area contributed by atoms with E-state index < -0.39 is 39.3 Å². The van der Waals surface area contributed by atoms with Crippen LogP contribution in [0.5, 0.6) is 0 Å². The van der Waals surface area contributed by atoms with Crippen LogP contribution in [-0.2, 0) is 33.8 Å². The van der Waals surface area contributed by atoms with Crippen molar-refractivity contribution in [2.45, 2.75) is 97.6 Å². The molecule has 1 saturated heterocycles. The van der Waals surface area contributed by atoms with Gasteiger partial charge in [-0.15, -0.1) is 0 Å². The number of fused-ring (bicyclic) bond motifs is 3. The molecule has 2 bridgehead atoms. The molecule has 0 radical (unpaired) electrons. The molecule has 3 fully saturated rings. The van der Waals surface area contributed by atoms with Gasteiger partial charge in [-0.05, 0) is 58.3 Å². The Bertz CT molecular complexity index is 829. The van der Waals surface area contributed by atoms with Crippen molar-refractivity contribution >= 4 is 22.0 Å². The van der Waals surface area contributed by atoms with E-state index >= 15 is 0 Å². The summed E-state index contributed by atoms with van der Waals surface area (Å²) in [6.45, 7) is 11.6. The fraction of sp³-hybridized carbons (Fsp3) is 0.909. The van der Waals surface area contributed by atoms with Crippen LogP contribution in [0.3, 0.4) is 0 Å². The van der Waals surface area contributed by atoms with Crippen molar-refractivity contribution in [1.82, 2.24) is 4.31 Å². The lowest BCUT2D eigenvalue weighted by molar-refractivity contribution is -0.242. The van der Waals surface area contributed by atoms with Crippen molar-refractivity contribution in [3.63, 3.8) is 0 Å². The molecule has 0 aromatic rings. The average Bonchev–Trinajstić information content (AvgIpc) is 3.13. The highest BCUT2D eigenvalue weighted by Gasteiger charge is 2.77. The Hall–Kier alpha value is -1.19. The number of hydrogen-bond acceptors (Lipinski definition) is 7. The van der Waals surface area contributed by atoms with Gasteiger partial charge < -0.3 is 14.2 Å². The van der Waals surface area contributed by atoms with E-state index in [0.717, 1.165) is 6.42 Å². The highest BCUT2D eigenvalue weighted by Crippen LogP contribution is 2.72. The zero-order chi connectivity index (χ0) is 23.4. The van der Waals surface area contributed by atoms with Gasteiger partial charge in [0.1, 0.15) is 0 Å². The normalized spacial score (nSPS) is 34.3. The lowest BCUT2D eigenvalue weighted by Gasteiger charge is -2.47. The van der Waals surface area contributed by atoms with Gasteiger partial charge in [0.2, 0.25) is 15.8 Å². The molecule has 178 valence electrons. The van der Waals surface area contributed by atoms with Crippen LogP contribution in [0.15, 0.2) is 0 Å². The van der Waals surface area contributed by atoms with Crippen molar-refractivity contribution in [2.75, 3.05) is 12.9 Å². The molecule has 0 aromatic heterocycles. The molecule has 1 spiro atoms. The van der Waals surface area contributed by atoms with Gasteiger partial charge in [-0.1, -0.05) is 13.8 Å². The number of carbonyl (C=O) groups excluding carboxylic acids is 2. The van der Waals surface area contributed by atoms with E-state index in [1.165, 1.54) is 7.11 Å². The van der Waals surface area contributed by atoms with E-state index in [2.05, 4.69) is 18.6 Å². The van der Waals surface area contributed by atoms with Crippen LogP contribution in [0, 0.1) is 16.7 Å². The lowest BCUT2D eigenvalue weighted by atomic mass is 9.68. The summed E-state index contributed by atoms with van der Waals surface area (Å²) in [5, 5.41) is 0. The summed E-state index contributed by atoms with van der Waals surface area (Å²) >= 11 is 0. The Morgan fingerprint density at radius 1 is 1.23 bits per heavy atom. The average molecular weight is 460 g/mol. The van der Waals surface area contributed by atoms with Crippen LogP contribution in [0.25, 0.3) is 0 Å². The van der Waals surface area contributed by atoms with E-state index in [1.807, 2.05) is 27.7 Å². The Morgan fingerprint density at radius 3 is 2.35 bits per heavy atom. The molecule has 9 heteroatoms. The summed E-state index contributed by atoms with van der Waals surface area (Å²) in [4.78, 5) is 24.3.